The second-order valence-corrected chi connectivity index (χ2v) is 10.1. The summed E-state index contributed by atoms with van der Waals surface area (Å²) in [5, 5.41) is 19.9. The van der Waals surface area contributed by atoms with E-state index in [9.17, 15) is 24.3 Å². The van der Waals surface area contributed by atoms with Crippen molar-refractivity contribution in [2.45, 2.75) is 69.2 Å². The van der Waals surface area contributed by atoms with Crippen molar-refractivity contribution < 1.29 is 38.9 Å². The number of ether oxygens (including phenoxy) is 2. The van der Waals surface area contributed by atoms with Crippen LogP contribution < -0.4 is 0 Å². The maximum Gasteiger partial charge on any atom is 0.306 e. The van der Waals surface area contributed by atoms with Gasteiger partial charge in [-0.3, -0.25) is 19.2 Å². The van der Waals surface area contributed by atoms with Crippen LogP contribution in [0.5, 0.6) is 0 Å². The molecular formula is C24H28O8. The van der Waals surface area contributed by atoms with Crippen LogP contribution in [0.1, 0.15) is 51.9 Å². The number of carboxylic acids is 1. The van der Waals surface area contributed by atoms with Crippen molar-refractivity contribution in [3.8, 4) is 0 Å². The molecule has 0 bridgehead atoms. The van der Waals surface area contributed by atoms with Gasteiger partial charge in [0.1, 0.15) is 5.60 Å². The van der Waals surface area contributed by atoms with Crippen LogP contribution in [0.25, 0.3) is 0 Å². The summed E-state index contributed by atoms with van der Waals surface area (Å²) >= 11 is 0. The van der Waals surface area contributed by atoms with E-state index in [1.165, 1.54) is 0 Å². The minimum atomic E-state index is -1.10. The van der Waals surface area contributed by atoms with Crippen molar-refractivity contribution in [1.29, 1.82) is 0 Å². The molecule has 1 aliphatic heterocycles. The van der Waals surface area contributed by atoms with Crippen molar-refractivity contribution >= 4 is 23.5 Å². The van der Waals surface area contributed by atoms with E-state index in [2.05, 4.69) is 6.92 Å². The zero-order valence-electron chi connectivity index (χ0n) is 18.0. The van der Waals surface area contributed by atoms with Crippen molar-refractivity contribution in [2.24, 2.45) is 23.2 Å². The molecule has 0 unspecified atom stereocenters. The quantitative estimate of drug-likeness (QED) is 0.468. The van der Waals surface area contributed by atoms with Gasteiger partial charge in [0.15, 0.2) is 18.0 Å². The Bertz CT molecular complexity index is 965. The van der Waals surface area contributed by atoms with Crippen molar-refractivity contribution in [2.75, 3.05) is 6.61 Å². The fraction of sp³-hybridized carbons (Fsp3) is 0.667. The highest BCUT2D eigenvalue weighted by Gasteiger charge is 2.83. The van der Waals surface area contributed by atoms with E-state index < -0.39 is 35.9 Å². The Morgan fingerprint density at radius 1 is 1.25 bits per heavy atom. The maximum absolute atomic E-state index is 13.0. The maximum atomic E-state index is 13.0. The third-order valence-electron chi connectivity index (χ3n) is 8.71. The van der Waals surface area contributed by atoms with Crippen LogP contribution >= 0.6 is 0 Å². The third kappa shape index (κ3) is 2.88. The van der Waals surface area contributed by atoms with Crippen molar-refractivity contribution in [3.05, 3.63) is 23.8 Å². The van der Waals surface area contributed by atoms with E-state index in [-0.39, 0.29) is 47.6 Å². The molecule has 172 valence electrons. The minimum Gasteiger partial charge on any atom is -0.481 e. The first-order valence-electron chi connectivity index (χ1n) is 11.4. The predicted molar refractivity (Wildman–Crippen MR) is 109 cm³/mol. The van der Waals surface area contributed by atoms with Gasteiger partial charge in [0.2, 0.25) is 5.78 Å². The van der Waals surface area contributed by atoms with Crippen molar-refractivity contribution in [3.63, 3.8) is 0 Å². The lowest BCUT2D eigenvalue weighted by molar-refractivity contribution is -0.151. The molecule has 1 heterocycles. The van der Waals surface area contributed by atoms with Crippen LogP contribution in [0.2, 0.25) is 0 Å². The number of esters is 1. The number of hydrogen-bond acceptors (Lipinski definition) is 7. The zero-order chi connectivity index (χ0) is 22.9. The molecule has 0 amide bonds. The molecule has 7 atom stereocenters. The number of carbonyl (C=O) groups excluding carboxylic acids is 3. The Kier molecular flexibility index (Phi) is 4.77. The summed E-state index contributed by atoms with van der Waals surface area (Å²) in [4.78, 5) is 47.3. The number of fused-ring (bicyclic) bond motifs is 4. The minimum absolute atomic E-state index is 0.00778. The first-order chi connectivity index (χ1) is 15.1. The second kappa shape index (κ2) is 7.09. The van der Waals surface area contributed by atoms with E-state index in [4.69, 9.17) is 14.6 Å². The van der Waals surface area contributed by atoms with Crippen LogP contribution in [0, 0.1) is 23.2 Å². The summed E-state index contributed by atoms with van der Waals surface area (Å²) in [5.41, 5.74) is -1.04. The highest BCUT2D eigenvalue weighted by molar-refractivity contribution is 6.01. The normalized spacial score (nSPS) is 43.3. The van der Waals surface area contributed by atoms with Crippen LogP contribution in [0.3, 0.4) is 0 Å². The predicted octanol–water partition coefficient (Wildman–Crippen LogP) is 1.74. The van der Waals surface area contributed by atoms with Gasteiger partial charge in [0.25, 0.3) is 0 Å². The Morgan fingerprint density at radius 2 is 2.03 bits per heavy atom. The summed E-state index contributed by atoms with van der Waals surface area (Å²) < 4.78 is 11.2. The summed E-state index contributed by atoms with van der Waals surface area (Å²) in [6.45, 7) is 1.66. The topological polar surface area (TPSA) is 130 Å². The molecule has 0 aromatic carbocycles. The molecule has 1 spiro atoms. The van der Waals surface area contributed by atoms with Gasteiger partial charge >= 0.3 is 11.9 Å². The first-order valence-corrected chi connectivity index (χ1v) is 11.4. The monoisotopic (exact) mass is 444 g/mol. The van der Waals surface area contributed by atoms with Gasteiger partial charge in [-0.1, -0.05) is 18.6 Å². The molecule has 8 heteroatoms. The highest BCUT2D eigenvalue weighted by Crippen LogP contribution is 2.73. The van der Waals surface area contributed by atoms with E-state index in [1.54, 1.807) is 12.2 Å². The van der Waals surface area contributed by atoms with Gasteiger partial charge in [-0.05, 0) is 49.7 Å². The Hall–Kier alpha value is -2.32. The van der Waals surface area contributed by atoms with E-state index in [0.29, 0.717) is 12.8 Å². The fourth-order valence-electron chi connectivity index (χ4n) is 7.33. The molecule has 4 aliphatic carbocycles. The van der Waals surface area contributed by atoms with Crippen LogP contribution in [-0.4, -0.2) is 57.6 Å². The first kappa shape index (κ1) is 21.5. The van der Waals surface area contributed by atoms with Crippen molar-refractivity contribution in [1.82, 2.24) is 0 Å². The number of rotatable bonds is 6. The molecule has 32 heavy (non-hydrogen) atoms. The third-order valence-corrected chi connectivity index (χ3v) is 8.71. The Labute approximate surface area is 185 Å². The summed E-state index contributed by atoms with van der Waals surface area (Å²) in [5.74, 6) is -1.86. The molecule has 5 aliphatic rings. The average molecular weight is 444 g/mol. The van der Waals surface area contributed by atoms with Crippen LogP contribution in [0.15, 0.2) is 23.8 Å². The lowest BCUT2D eigenvalue weighted by Gasteiger charge is -2.55. The molecular weight excluding hydrogens is 416 g/mol. The number of aliphatic carboxylic acids is 1. The van der Waals surface area contributed by atoms with Gasteiger partial charge < -0.3 is 19.7 Å². The highest BCUT2D eigenvalue weighted by atomic mass is 16.6. The number of carbonyl (C=O) groups is 4. The van der Waals surface area contributed by atoms with Crippen LogP contribution in [0.4, 0.5) is 0 Å². The SMILES string of the molecule is C[C@]12C=CC(=O)C=C1CC[C@@H]1[C@@H]2[C@@H](O)C[C@]23O[C@]2(C(=O)COC(=O)CCC(=O)O)CC[C@@H]13. The molecule has 3 saturated carbocycles. The number of aliphatic hydroxyl groups is 1. The number of aliphatic hydroxyl groups excluding tert-OH is 1. The summed E-state index contributed by atoms with van der Waals surface area (Å²) in [6, 6.07) is 0. The van der Waals surface area contributed by atoms with Gasteiger partial charge in [-0.15, -0.1) is 0 Å². The van der Waals surface area contributed by atoms with E-state index in [0.717, 1.165) is 24.8 Å². The van der Waals surface area contributed by atoms with E-state index in [1.807, 2.05) is 6.08 Å². The smallest absolute Gasteiger partial charge is 0.306 e. The molecule has 0 aromatic rings. The van der Waals surface area contributed by atoms with Crippen LogP contribution in [-0.2, 0) is 28.7 Å². The Morgan fingerprint density at radius 3 is 2.78 bits per heavy atom. The van der Waals surface area contributed by atoms with Gasteiger partial charge in [0, 0.05) is 17.8 Å². The largest absolute Gasteiger partial charge is 0.481 e. The Balaban J connectivity index is 1.32. The summed E-state index contributed by atoms with van der Waals surface area (Å²) in [7, 11) is 0. The lowest BCUT2D eigenvalue weighted by Crippen LogP contribution is -2.56. The number of hydrogen-bond donors (Lipinski definition) is 2. The zero-order valence-corrected chi connectivity index (χ0v) is 18.0. The molecule has 0 aromatic heterocycles. The molecule has 1 saturated heterocycles. The molecule has 2 N–H and O–H groups in total. The number of carboxylic acid groups (broad SMARTS) is 1. The lowest BCUT2D eigenvalue weighted by atomic mass is 9.49. The number of epoxide rings is 1. The molecule has 0 radical (unpaired) electrons. The van der Waals surface area contributed by atoms with E-state index >= 15 is 0 Å². The fourth-order valence-corrected chi connectivity index (χ4v) is 7.33. The number of ketones is 2. The van der Waals surface area contributed by atoms with Gasteiger partial charge in [-0.25, -0.2) is 0 Å². The number of Topliss-reactive ketones (excluding diaryl/α,β-unsaturated/α-hetero) is 1. The summed E-state index contributed by atoms with van der Waals surface area (Å²) in [6.07, 6.45) is 7.28. The second-order valence-electron chi connectivity index (χ2n) is 10.1. The average Bonchev–Trinajstić information content (AvgIpc) is 3.26. The number of allylic oxidation sites excluding steroid dienone is 4. The molecule has 8 nitrogen and oxygen atoms in total. The van der Waals surface area contributed by atoms with Gasteiger partial charge in [-0.2, -0.15) is 0 Å². The standard InChI is InChI=1S/C24H28O8/c1-22-8-6-14(25)10-13(22)2-3-15-16-7-9-23(24(16,32-23)11-17(26)21(15)22)18(27)12-31-20(30)5-4-19(28)29/h6,8,10,15-17,21,26H,2-5,7,9,11-12H2,1H3,(H,28,29)/t15-,16-,17-,21+,22-,23-,24+/m0/s1. The van der Waals surface area contributed by atoms with Gasteiger partial charge in [0.05, 0.1) is 18.9 Å². The molecule has 5 rings (SSSR count). The molecule has 4 fully saturated rings.